The van der Waals surface area contributed by atoms with Gasteiger partial charge < -0.3 is 5.11 Å². The Balaban J connectivity index is 2.15. The van der Waals surface area contributed by atoms with E-state index in [9.17, 15) is 9.18 Å². The van der Waals surface area contributed by atoms with Crippen LogP contribution in [-0.2, 0) is 6.54 Å². The Morgan fingerprint density at radius 3 is 2.50 bits per heavy atom. The van der Waals surface area contributed by atoms with Crippen molar-refractivity contribution in [2.45, 2.75) is 32.5 Å². The van der Waals surface area contributed by atoms with Crippen molar-refractivity contribution in [1.29, 1.82) is 0 Å². The van der Waals surface area contributed by atoms with Gasteiger partial charge in [0.15, 0.2) is 0 Å². The summed E-state index contributed by atoms with van der Waals surface area (Å²) in [5.41, 5.74) is 0.201. The fraction of sp³-hybridized carbons (Fsp3) is 0.533. The minimum atomic E-state index is -1.22. The molecule has 110 valence electrons. The summed E-state index contributed by atoms with van der Waals surface area (Å²) in [6.45, 7) is 6.46. The number of carboxylic acids is 1. The number of likely N-dealkylation sites (N-methyl/N-ethyl adjacent to an activating group) is 1. The van der Waals surface area contributed by atoms with E-state index in [1.165, 1.54) is 6.07 Å². The Bertz CT molecular complexity index is 495. The molecule has 1 aromatic rings. The fourth-order valence-corrected chi connectivity index (χ4v) is 2.75. The van der Waals surface area contributed by atoms with E-state index in [0.29, 0.717) is 24.2 Å². The molecule has 0 bridgehead atoms. The highest BCUT2D eigenvalue weighted by Crippen LogP contribution is 2.19. The molecule has 0 aromatic heterocycles. The zero-order valence-corrected chi connectivity index (χ0v) is 12.1. The normalized spacial score (nSPS) is 24.8. The molecule has 0 radical (unpaired) electrons. The SMILES string of the molecule is CC1CN(Cc2cccc(C(=O)O)c2F)CC(C)N1C. The lowest BCUT2D eigenvalue weighted by Crippen LogP contribution is -2.54. The number of rotatable bonds is 3. The maximum absolute atomic E-state index is 14.1. The molecule has 0 amide bonds. The maximum atomic E-state index is 14.1. The van der Waals surface area contributed by atoms with Gasteiger partial charge in [-0.05, 0) is 27.0 Å². The van der Waals surface area contributed by atoms with Crippen LogP contribution in [-0.4, -0.2) is 53.1 Å². The summed E-state index contributed by atoms with van der Waals surface area (Å²) in [5.74, 6) is -1.83. The molecule has 2 rings (SSSR count). The van der Waals surface area contributed by atoms with Crippen molar-refractivity contribution < 1.29 is 14.3 Å². The van der Waals surface area contributed by atoms with Crippen molar-refractivity contribution >= 4 is 5.97 Å². The summed E-state index contributed by atoms with van der Waals surface area (Å²) >= 11 is 0. The first kappa shape index (κ1) is 14.9. The van der Waals surface area contributed by atoms with E-state index in [1.807, 2.05) is 0 Å². The summed E-state index contributed by atoms with van der Waals surface area (Å²) in [5, 5.41) is 8.95. The number of nitrogens with zero attached hydrogens (tertiary/aromatic N) is 2. The van der Waals surface area contributed by atoms with Crippen LogP contribution in [0.4, 0.5) is 4.39 Å². The van der Waals surface area contributed by atoms with Crippen LogP contribution in [0.5, 0.6) is 0 Å². The van der Waals surface area contributed by atoms with Crippen LogP contribution in [0.2, 0.25) is 0 Å². The molecular formula is C15H21FN2O2. The lowest BCUT2D eigenvalue weighted by Gasteiger charge is -2.42. The van der Waals surface area contributed by atoms with Crippen LogP contribution in [0.3, 0.4) is 0 Å². The first-order chi connectivity index (χ1) is 9.40. The fourth-order valence-electron chi connectivity index (χ4n) is 2.75. The summed E-state index contributed by atoms with van der Waals surface area (Å²) < 4.78 is 14.1. The summed E-state index contributed by atoms with van der Waals surface area (Å²) in [6, 6.07) is 5.38. The van der Waals surface area contributed by atoms with Crippen molar-refractivity contribution in [3.05, 3.63) is 35.1 Å². The summed E-state index contributed by atoms with van der Waals surface area (Å²) in [6.07, 6.45) is 0. The summed E-state index contributed by atoms with van der Waals surface area (Å²) in [7, 11) is 2.10. The Kier molecular flexibility index (Phi) is 4.40. The van der Waals surface area contributed by atoms with Crippen LogP contribution in [0, 0.1) is 5.82 Å². The molecule has 1 saturated heterocycles. The molecule has 1 N–H and O–H groups in total. The molecule has 1 fully saturated rings. The monoisotopic (exact) mass is 280 g/mol. The molecular weight excluding hydrogens is 259 g/mol. The van der Waals surface area contributed by atoms with E-state index in [0.717, 1.165) is 13.1 Å². The molecule has 0 aliphatic carbocycles. The second-order valence-corrected chi connectivity index (χ2v) is 5.64. The quantitative estimate of drug-likeness (QED) is 0.920. The number of aromatic carboxylic acids is 1. The highest BCUT2D eigenvalue weighted by molar-refractivity contribution is 5.88. The van der Waals surface area contributed by atoms with Crippen molar-refractivity contribution in [1.82, 2.24) is 9.80 Å². The van der Waals surface area contributed by atoms with Gasteiger partial charge in [-0.3, -0.25) is 9.80 Å². The largest absolute Gasteiger partial charge is 0.478 e. The number of piperazine rings is 1. The zero-order chi connectivity index (χ0) is 14.9. The van der Waals surface area contributed by atoms with Gasteiger partial charge in [-0.2, -0.15) is 0 Å². The standard InChI is InChI=1S/C15H21FN2O2/c1-10-7-18(8-11(2)17(10)3)9-12-5-4-6-13(14(12)16)15(19)20/h4-6,10-11H,7-9H2,1-3H3,(H,19,20). The molecule has 1 aliphatic rings. The smallest absolute Gasteiger partial charge is 0.338 e. The maximum Gasteiger partial charge on any atom is 0.338 e. The molecule has 1 aromatic carbocycles. The highest BCUT2D eigenvalue weighted by Gasteiger charge is 2.27. The minimum Gasteiger partial charge on any atom is -0.478 e. The van der Waals surface area contributed by atoms with Crippen molar-refractivity contribution in [2.24, 2.45) is 0 Å². The Hall–Kier alpha value is -1.46. The van der Waals surface area contributed by atoms with Crippen LogP contribution in [0.1, 0.15) is 29.8 Å². The Morgan fingerprint density at radius 1 is 1.35 bits per heavy atom. The zero-order valence-electron chi connectivity index (χ0n) is 12.1. The second kappa shape index (κ2) is 5.89. The Labute approximate surface area is 118 Å². The van der Waals surface area contributed by atoms with Gasteiger partial charge >= 0.3 is 5.97 Å². The van der Waals surface area contributed by atoms with Gasteiger partial charge in [0, 0.05) is 37.3 Å². The number of benzene rings is 1. The topological polar surface area (TPSA) is 43.8 Å². The second-order valence-electron chi connectivity index (χ2n) is 5.64. The average molecular weight is 280 g/mol. The lowest BCUT2D eigenvalue weighted by atomic mass is 10.1. The molecule has 1 aliphatic heterocycles. The summed E-state index contributed by atoms with van der Waals surface area (Å²) in [4.78, 5) is 15.4. The molecule has 4 nitrogen and oxygen atoms in total. The first-order valence-electron chi connectivity index (χ1n) is 6.85. The van der Waals surface area contributed by atoms with E-state index >= 15 is 0 Å². The van der Waals surface area contributed by atoms with Gasteiger partial charge in [-0.1, -0.05) is 12.1 Å². The number of carbonyl (C=O) groups is 1. The van der Waals surface area contributed by atoms with E-state index in [4.69, 9.17) is 5.11 Å². The number of hydrogen-bond acceptors (Lipinski definition) is 3. The van der Waals surface area contributed by atoms with Gasteiger partial charge in [0.05, 0.1) is 5.56 Å². The van der Waals surface area contributed by atoms with Gasteiger partial charge in [0.2, 0.25) is 0 Å². The third-order valence-electron chi connectivity index (χ3n) is 4.14. The van der Waals surface area contributed by atoms with E-state index in [2.05, 4.69) is 30.7 Å². The molecule has 1 heterocycles. The van der Waals surface area contributed by atoms with E-state index in [-0.39, 0.29) is 5.56 Å². The van der Waals surface area contributed by atoms with Crippen molar-refractivity contribution in [3.63, 3.8) is 0 Å². The van der Waals surface area contributed by atoms with Crippen LogP contribution < -0.4 is 0 Å². The van der Waals surface area contributed by atoms with Crippen LogP contribution >= 0.6 is 0 Å². The van der Waals surface area contributed by atoms with Crippen LogP contribution in [0.25, 0.3) is 0 Å². The number of carboxylic acid groups (broad SMARTS) is 1. The molecule has 0 spiro atoms. The van der Waals surface area contributed by atoms with Gasteiger partial charge in [0.25, 0.3) is 0 Å². The predicted molar refractivity (Wildman–Crippen MR) is 75.3 cm³/mol. The lowest BCUT2D eigenvalue weighted by molar-refractivity contribution is 0.0548. The van der Waals surface area contributed by atoms with Gasteiger partial charge in [-0.15, -0.1) is 0 Å². The van der Waals surface area contributed by atoms with Crippen molar-refractivity contribution in [2.75, 3.05) is 20.1 Å². The third-order valence-corrected chi connectivity index (χ3v) is 4.14. The molecule has 20 heavy (non-hydrogen) atoms. The minimum absolute atomic E-state index is 0.252. The Morgan fingerprint density at radius 2 is 1.95 bits per heavy atom. The van der Waals surface area contributed by atoms with E-state index < -0.39 is 11.8 Å². The van der Waals surface area contributed by atoms with Crippen LogP contribution in [0.15, 0.2) is 18.2 Å². The first-order valence-corrected chi connectivity index (χ1v) is 6.85. The average Bonchev–Trinajstić information content (AvgIpc) is 2.38. The number of hydrogen-bond donors (Lipinski definition) is 1. The predicted octanol–water partition coefficient (Wildman–Crippen LogP) is 2.05. The molecule has 0 saturated carbocycles. The molecule has 2 unspecified atom stereocenters. The van der Waals surface area contributed by atoms with Gasteiger partial charge in [0.1, 0.15) is 5.82 Å². The van der Waals surface area contributed by atoms with Crippen molar-refractivity contribution in [3.8, 4) is 0 Å². The highest BCUT2D eigenvalue weighted by atomic mass is 19.1. The van der Waals surface area contributed by atoms with E-state index in [1.54, 1.807) is 12.1 Å². The third kappa shape index (κ3) is 2.99. The molecule has 2 atom stereocenters. The van der Waals surface area contributed by atoms with Gasteiger partial charge in [-0.25, -0.2) is 9.18 Å². The number of halogens is 1. The molecule has 5 heteroatoms.